The fourth-order valence-electron chi connectivity index (χ4n) is 1.64. The summed E-state index contributed by atoms with van der Waals surface area (Å²) in [5.74, 6) is 0.0519. The van der Waals surface area contributed by atoms with E-state index in [4.69, 9.17) is 0 Å². The van der Waals surface area contributed by atoms with Crippen LogP contribution in [0.5, 0.6) is 0 Å². The fourth-order valence-corrected chi connectivity index (χ4v) is 1.64. The van der Waals surface area contributed by atoms with E-state index in [1.54, 1.807) is 12.2 Å². The molecule has 0 saturated heterocycles. The molecule has 4 nitrogen and oxygen atoms in total. The Kier molecular flexibility index (Phi) is 10.3. The van der Waals surface area contributed by atoms with Gasteiger partial charge in [-0.3, -0.25) is 19.2 Å². The third-order valence-electron chi connectivity index (χ3n) is 2.73. The molecular formula is C16H18O4. The van der Waals surface area contributed by atoms with Crippen LogP contribution in [0.2, 0.25) is 0 Å². The third kappa shape index (κ3) is 7.87. The molecule has 1 unspecified atom stereocenters. The lowest BCUT2D eigenvalue weighted by molar-refractivity contribution is -0.105. The molecule has 0 saturated carbocycles. The molecule has 0 rings (SSSR count). The van der Waals surface area contributed by atoms with E-state index in [2.05, 4.69) is 0 Å². The maximum Gasteiger partial charge on any atom is 0.143 e. The Morgan fingerprint density at radius 2 is 1.45 bits per heavy atom. The van der Waals surface area contributed by atoms with Crippen molar-refractivity contribution in [3.63, 3.8) is 0 Å². The average Bonchev–Trinajstić information content (AvgIpc) is 2.46. The van der Waals surface area contributed by atoms with Gasteiger partial charge in [0.2, 0.25) is 0 Å². The Morgan fingerprint density at radius 1 is 0.850 bits per heavy atom. The van der Waals surface area contributed by atoms with Gasteiger partial charge in [0, 0.05) is 0 Å². The average molecular weight is 274 g/mol. The van der Waals surface area contributed by atoms with Crippen LogP contribution in [0, 0.1) is 5.92 Å². The van der Waals surface area contributed by atoms with Crippen molar-refractivity contribution in [3.05, 3.63) is 47.6 Å². The van der Waals surface area contributed by atoms with Gasteiger partial charge in [0.25, 0.3) is 0 Å². The van der Waals surface area contributed by atoms with E-state index < -0.39 is 0 Å². The second-order valence-electron chi connectivity index (χ2n) is 4.11. The van der Waals surface area contributed by atoms with E-state index in [1.165, 1.54) is 24.3 Å². The Labute approximate surface area is 118 Å². The first-order chi connectivity index (χ1) is 9.69. The van der Waals surface area contributed by atoms with Crippen molar-refractivity contribution in [3.8, 4) is 0 Å². The molecule has 0 bridgehead atoms. The van der Waals surface area contributed by atoms with Crippen LogP contribution in [0.4, 0.5) is 0 Å². The van der Waals surface area contributed by atoms with Crippen molar-refractivity contribution in [2.45, 2.75) is 19.8 Å². The summed E-state index contributed by atoms with van der Waals surface area (Å²) in [5, 5.41) is 0. The van der Waals surface area contributed by atoms with Gasteiger partial charge < -0.3 is 0 Å². The van der Waals surface area contributed by atoms with E-state index in [0.717, 1.165) is 11.1 Å². The van der Waals surface area contributed by atoms with Crippen molar-refractivity contribution >= 4 is 25.1 Å². The van der Waals surface area contributed by atoms with Crippen LogP contribution in [0.25, 0.3) is 0 Å². The summed E-state index contributed by atoms with van der Waals surface area (Å²) in [5.41, 5.74) is 1.49. The van der Waals surface area contributed by atoms with Crippen LogP contribution in [0.1, 0.15) is 19.8 Å². The minimum atomic E-state index is 0.0519. The molecule has 0 aromatic rings. The molecule has 0 spiro atoms. The second-order valence-corrected chi connectivity index (χ2v) is 4.11. The summed E-state index contributed by atoms with van der Waals surface area (Å²) in [6.07, 6.45) is 12.6. The zero-order valence-corrected chi connectivity index (χ0v) is 11.4. The molecule has 0 heterocycles. The number of carbonyl (C=O) groups excluding carboxylic acids is 4. The molecule has 0 radical (unpaired) electrons. The zero-order valence-electron chi connectivity index (χ0n) is 11.4. The van der Waals surface area contributed by atoms with Crippen LogP contribution < -0.4 is 0 Å². The second kappa shape index (κ2) is 11.7. The van der Waals surface area contributed by atoms with Crippen LogP contribution in [0.15, 0.2) is 47.6 Å². The highest BCUT2D eigenvalue weighted by molar-refractivity contribution is 5.71. The summed E-state index contributed by atoms with van der Waals surface area (Å²) < 4.78 is 0. The molecule has 0 aromatic heterocycles. The lowest BCUT2D eigenvalue weighted by atomic mass is 9.93. The number of carbonyl (C=O) groups is 4. The lowest BCUT2D eigenvalue weighted by Crippen LogP contribution is -1.99. The van der Waals surface area contributed by atoms with Crippen molar-refractivity contribution in [2.75, 3.05) is 0 Å². The summed E-state index contributed by atoms with van der Waals surface area (Å²) in [6.45, 7) is 1.92. The van der Waals surface area contributed by atoms with Crippen LogP contribution >= 0.6 is 0 Å². The minimum Gasteiger partial charge on any atom is -0.299 e. The van der Waals surface area contributed by atoms with Crippen LogP contribution in [-0.4, -0.2) is 25.1 Å². The van der Waals surface area contributed by atoms with Gasteiger partial charge in [0.05, 0.1) is 0 Å². The predicted octanol–water partition coefficient (Wildman–Crippen LogP) is 2.16. The van der Waals surface area contributed by atoms with Crippen molar-refractivity contribution in [2.24, 2.45) is 5.92 Å². The first kappa shape index (κ1) is 17.6. The van der Waals surface area contributed by atoms with E-state index in [9.17, 15) is 19.2 Å². The minimum absolute atomic E-state index is 0.0519. The summed E-state index contributed by atoms with van der Waals surface area (Å²) in [7, 11) is 0. The summed E-state index contributed by atoms with van der Waals surface area (Å²) in [4.78, 5) is 41.6. The third-order valence-corrected chi connectivity index (χ3v) is 2.73. The van der Waals surface area contributed by atoms with Gasteiger partial charge in [-0.05, 0) is 54.2 Å². The molecule has 106 valence electrons. The molecule has 20 heavy (non-hydrogen) atoms. The van der Waals surface area contributed by atoms with Gasteiger partial charge in [0.15, 0.2) is 0 Å². The van der Waals surface area contributed by atoms with Gasteiger partial charge in [-0.2, -0.15) is 0 Å². The van der Waals surface area contributed by atoms with E-state index >= 15 is 0 Å². The highest BCUT2D eigenvalue weighted by Gasteiger charge is 2.07. The lowest BCUT2D eigenvalue weighted by Gasteiger charge is -2.12. The smallest absolute Gasteiger partial charge is 0.143 e. The molecule has 0 aliphatic rings. The number of hydrogen-bond acceptors (Lipinski definition) is 4. The Balaban J connectivity index is 4.74. The van der Waals surface area contributed by atoms with Gasteiger partial charge in [-0.25, -0.2) is 0 Å². The predicted molar refractivity (Wildman–Crippen MR) is 77.1 cm³/mol. The maximum atomic E-state index is 10.6. The maximum absolute atomic E-state index is 10.6. The summed E-state index contributed by atoms with van der Waals surface area (Å²) in [6, 6.07) is 0. The van der Waals surface area contributed by atoms with Gasteiger partial charge in [-0.15, -0.1) is 0 Å². The monoisotopic (exact) mass is 274 g/mol. The van der Waals surface area contributed by atoms with Crippen molar-refractivity contribution in [1.29, 1.82) is 0 Å². The fraction of sp³-hybridized carbons (Fsp3) is 0.250. The zero-order chi connectivity index (χ0) is 15.2. The van der Waals surface area contributed by atoms with E-state index in [1.807, 2.05) is 6.92 Å². The highest BCUT2D eigenvalue weighted by Crippen LogP contribution is 2.20. The first-order valence-corrected chi connectivity index (χ1v) is 6.23. The molecule has 0 aliphatic carbocycles. The Bertz CT molecular complexity index is 453. The molecule has 0 aromatic carbocycles. The molecule has 0 amide bonds. The number of aldehydes is 4. The van der Waals surface area contributed by atoms with E-state index in [-0.39, 0.29) is 5.92 Å². The van der Waals surface area contributed by atoms with Crippen LogP contribution in [-0.2, 0) is 19.2 Å². The normalized spacial score (nSPS) is 14.4. The van der Waals surface area contributed by atoms with Gasteiger partial charge in [-0.1, -0.05) is 19.1 Å². The Morgan fingerprint density at radius 3 is 2.00 bits per heavy atom. The van der Waals surface area contributed by atoms with Crippen LogP contribution in [0.3, 0.4) is 0 Å². The number of hydrogen-bond donors (Lipinski definition) is 0. The SMILES string of the molecule is CC(CCC(/C=C\C=O)=C/C=O)C(/C=C\C=O)=C/C=O. The summed E-state index contributed by atoms with van der Waals surface area (Å²) >= 11 is 0. The van der Waals surface area contributed by atoms with E-state index in [0.29, 0.717) is 38.0 Å². The number of allylic oxidation sites excluding steroid dienone is 8. The van der Waals surface area contributed by atoms with Gasteiger partial charge in [0.1, 0.15) is 25.1 Å². The van der Waals surface area contributed by atoms with Gasteiger partial charge >= 0.3 is 0 Å². The topological polar surface area (TPSA) is 68.3 Å². The Hall–Kier alpha value is -2.36. The molecule has 0 N–H and O–H groups in total. The first-order valence-electron chi connectivity index (χ1n) is 6.23. The standard InChI is InChI=1S/C16H18O4/c1-14(16(9-13-20)5-3-11-18)6-7-15(8-12-19)4-2-10-17/h2-5,8-14H,6-7H2,1H3/b4-2-,5-3-,15-8+,16-9+. The molecule has 1 atom stereocenters. The molecule has 4 heteroatoms. The molecular weight excluding hydrogens is 256 g/mol. The number of rotatable bonds is 10. The highest BCUT2D eigenvalue weighted by atomic mass is 16.1. The molecule has 0 aliphatic heterocycles. The largest absolute Gasteiger partial charge is 0.299 e. The molecule has 0 fully saturated rings. The van der Waals surface area contributed by atoms with Crippen molar-refractivity contribution in [1.82, 2.24) is 0 Å². The quantitative estimate of drug-likeness (QED) is 0.348. The van der Waals surface area contributed by atoms with Crippen molar-refractivity contribution < 1.29 is 19.2 Å².